The van der Waals surface area contributed by atoms with Crippen molar-refractivity contribution in [3.63, 3.8) is 0 Å². The number of carbonyl (C=O) groups excluding carboxylic acids is 1. The van der Waals surface area contributed by atoms with Crippen molar-refractivity contribution >= 4 is 6.03 Å². The average Bonchev–Trinajstić information content (AvgIpc) is 1.97. The van der Waals surface area contributed by atoms with E-state index in [1.807, 2.05) is 20.9 Å². The summed E-state index contributed by atoms with van der Waals surface area (Å²) in [5.74, 6) is 0. The number of nitrogens with zero attached hydrogens (tertiary/aromatic N) is 2. The molecule has 62 valence electrons. The van der Waals surface area contributed by atoms with Crippen LogP contribution in [0.5, 0.6) is 0 Å². The molecule has 0 N–H and O–H groups in total. The lowest BCUT2D eigenvalue weighted by molar-refractivity contribution is 0.169. The molecule has 0 saturated carbocycles. The van der Waals surface area contributed by atoms with Crippen molar-refractivity contribution in [2.45, 2.75) is 19.9 Å². The molecule has 1 heterocycles. The Kier molecular flexibility index (Phi) is 1.89. The molecule has 0 aromatic carbocycles. The summed E-state index contributed by atoms with van der Waals surface area (Å²) in [7, 11) is 3.60. The molecule has 3 heteroatoms. The summed E-state index contributed by atoms with van der Waals surface area (Å²) >= 11 is 0. The van der Waals surface area contributed by atoms with Crippen LogP contribution < -0.4 is 0 Å². The highest BCUT2D eigenvalue weighted by atomic mass is 16.2. The summed E-state index contributed by atoms with van der Waals surface area (Å²) in [6.45, 7) is 3.95. The quantitative estimate of drug-likeness (QED) is 0.515. The third kappa shape index (κ3) is 1.23. The predicted molar refractivity (Wildman–Crippen MR) is 44.1 cm³/mol. The van der Waals surface area contributed by atoms with Crippen LogP contribution >= 0.6 is 0 Å². The van der Waals surface area contributed by atoms with E-state index < -0.39 is 0 Å². The lowest BCUT2D eigenvalue weighted by Gasteiger charge is -2.34. The van der Waals surface area contributed by atoms with E-state index >= 15 is 0 Å². The number of hydrogen-bond donors (Lipinski definition) is 0. The molecule has 0 aromatic rings. The molecule has 1 unspecified atom stereocenters. The molecule has 1 aliphatic heterocycles. The SMILES string of the molecule is CC1=CC(C)N(C)C(=O)N1C. The molecule has 0 aromatic heterocycles. The van der Waals surface area contributed by atoms with Gasteiger partial charge in [0.2, 0.25) is 0 Å². The number of rotatable bonds is 0. The second-order valence-electron chi connectivity index (χ2n) is 3.00. The van der Waals surface area contributed by atoms with Gasteiger partial charge in [0, 0.05) is 19.8 Å². The molecule has 3 nitrogen and oxygen atoms in total. The van der Waals surface area contributed by atoms with Gasteiger partial charge in [-0.25, -0.2) is 4.79 Å². The largest absolute Gasteiger partial charge is 0.324 e. The Morgan fingerprint density at radius 2 is 2.00 bits per heavy atom. The highest BCUT2D eigenvalue weighted by molar-refractivity contribution is 5.77. The third-order valence-corrected chi connectivity index (χ3v) is 2.21. The Morgan fingerprint density at radius 1 is 1.45 bits per heavy atom. The van der Waals surface area contributed by atoms with Gasteiger partial charge in [-0.1, -0.05) is 0 Å². The van der Waals surface area contributed by atoms with Crippen molar-refractivity contribution in [1.82, 2.24) is 9.80 Å². The van der Waals surface area contributed by atoms with E-state index in [1.54, 1.807) is 16.8 Å². The maximum atomic E-state index is 11.4. The van der Waals surface area contributed by atoms with Crippen LogP contribution in [0.3, 0.4) is 0 Å². The number of allylic oxidation sites excluding steroid dienone is 1. The van der Waals surface area contributed by atoms with E-state index in [0.717, 1.165) is 5.70 Å². The van der Waals surface area contributed by atoms with E-state index in [1.165, 1.54) is 0 Å². The number of hydrogen-bond acceptors (Lipinski definition) is 1. The first kappa shape index (κ1) is 8.11. The standard InChI is InChI=1S/C8H14N2O/c1-6-5-7(2)10(4)8(11)9(6)3/h5-6H,1-4H3. The summed E-state index contributed by atoms with van der Waals surface area (Å²) in [6, 6.07) is 0.288. The first-order chi connectivity index (χ1) is 5.04. The van der Waals surface area contributed by atoms with E-state index in [0.29, 0.717) is 0 Å². The van der Waals surface area contributed by atoms with Crippen molar-refractivity contribution in [3.05, 3.63) is 11.8 Å². The summed E-state index contributed by atoms with van der Waals surface area (Å²) in [5, 5.41) is 0. The summed E-state index contributed by atoms with van der Waals surface area (Å²) in [5.41, 5.74) is 1.03. The zero-order valence-corrected chi connectivity index (χ0v) is 7.46. The van der Waals surface area contributed by atoms with Crippen LogP contribution in [0.2, 0.25) is 0 Å². The molecular weight excluding hydrogens is 140 g/mol. The molecule has 1 atom stereocenters. The predicted octanol–water partition coefficient (Wildman–Crippen LogP) is 1.28. The topological polar surface area (TPSA) is 23.6 Å². The molecule has 2 amide bonds. The first-order valence-corrected chi connectivity index (χ1v) is 3.73. The number of carbonyl (C=O) groups is 1. The smallest absolute Gasteiger partial charge is 0.321 e. The molecule has 0 fully saturated rings. The van der Waals surface area contributed by atoms with Gasteiger partial charge in [0.15, 0.2) is 0 Å². The molecule has 0 aliphatic carbocycles. The number of likely N-dealkylation sites (N-methyl/N-ethyl adjacent to an activating group) is 1. The van der Waals surface area contributed by atoms with Gasteiger partial charge >= 0.3 is 6.03 Å². The lowest BCUT2D eigenvalue weighted by Crippen LogP contribution is -2.45. The van der Waals surface area contributed by atoms with Crippen LogP contribution in [-0.4, -0.2) is 36.0 Å². The molecule has 0 radical (unpaired) electrons. The van der Waals surface area contributed by atoms with Crippen molar-refractivity contribution in [2.75, 3.05) is 14.1 Å². The van der Waals surface area contributed by atoms with Crippen LogP contribution in [-0.2, 0) is 0 Å². The Balaban J connectivity index is 2.92. The van der Waals surface area contributed by atoms with E-state index in [9.17, 15) is 4.79 Å². The fourth-order valence-electron chi connectivity index (χ4n) is 1.13. The van der Waals surface area contributed by atoms with Crippen molar-refractivity contribution in [2.24, 2.45) is 0 Å². The minimum Gasteiger partial charge on any atom is -0.321 e. The minimum atomic E-state index is 0.0671. The van der Waals surface area contributed by atoms with Crippen LogP contribution in [0, 0.1) is 0 Å². The van der Waals surface area contributed by atoms with Crippen molar-refractivity contribution in [1.29, 1.82) is 0 Å². The number of urea groups is 1. The van der Waals surface area contributed by atoms with E-state index in [2.05, 4.69) is 6.08 Å². The third-order valence-electron chi connectivity index (χ3n) is 2.21. The van der Waals surface area contributed by atoms with Gasteiger partial charge in [-0.2, -0.15) is 0 Å². The van der Waals surface area contributed by atoms with Crippen LogP contribution in [0.1, 0.15) is 13.8 Å². The van der Waals surface area contributed by atoms with Crippen molar-refractivity contribution < 1.29 is 4.79 Å². The molecule has 1 aliphatic rings. The molecule has 11 heavy (non-hydrogen) atoms. The van der Waals surface area contributed by atoms with Gasteiger partial charge in [-0.15, -0.1) is 0 Å². The Labute approximate surface area is 67.3 Å². The van der Waals surface area contributed by atoms with Gasteiger partial charge in [-0.05, 0) is 19.9 Å². The fraction of sp³-hybridized carbons (Fsp3) is 0.625. The summed E-state index contributed by atoms with van der Waals surface area (Å²) < 4.78 is 0. The van der Waals surface area contributed by atoms with Crippen LogP contribution in [0.15, 0.2) is 11.8 Å². The van der Waals surface area contributed by atoms with Crippen LogP contribution in [0.25, 0.3) is 0 Å². The number of amides is 2. The second kappa shape index (κ2) is 2.57. The lowest BCUT2D eigenvalue weighted by atomic mass is 10.2. The fourth-order valence-corrected chi connectivity index (χ4v) is 1.13. The maximum absolute atomic E-state index is 11.4. The van der Waals surface area contributed by atoms with Gasteiger partial charge in [-0.3, -0.25) is 0 Å². The highest BCUT2D eigenvalue weighted by Crippen LogP contribution is 2.14. The van der Waals surface area contributed by atoms with Crippen LogP contribution in [0.4, 0.5) is 4.79 Å². The second-order valence-corrected chi connectivity index (χ2v) is 3.00. The van der Waals surface area contributed by atoms with Gasteiger partial charge in [0.05, 0.1) is 6.04 Å². The Morgan fingerprint density at radius 3 is 2.55 bits per heavy atom. The summed E-state index contributed by atoms with van der Waals surface area (Å²) in [6.07, 6.45) is 2.07. The van der Waals surface area contributed by atoms with Gasteiger partial charge in [0.25, 0.3) is 0 Å². The monoisotopic (exact) mass is 154 g/mol. The van der Waals surface area contributed by atoms with Crippen molar-refractivity contribution in [3.8, 4) is 0 Å². The average molecular weight is 154 g/mol. The highest BCUT2D eigenvalue weighted by Gasteiger charge is 2.23. The summed E-state index contributed by atoms with van der Waals surface area (Å²) in [4.78, 5) is 14.7. The van der Waals surface area contributed by atoms with E-state index in [-0.39, 0.29) is 12.1 Å². The Hall–Kier alpha value is -0.990. The zero-order valence-electron chi connectivity index (χ0n) is 7.46. The van der Waals surface area contributed by atoms with E-state index in [4.69, 9.17) is 0 Å². The molecule has 0 saturated heterocycles. The first-order valence-electron chi connectivity index (χ1n) is 3.73. The zero-order chi connectivity index (χ0) is 8.59. The van der Waals surface area contributed by atoms with Gasteiger partial charge < -0.3 is 9.80 Å². The maximum Gasteiger partial charge on any atom is 0.324 e. The molecule has 0 bridgehead atoms. The Bertz CT molecular complexity index is 210. The normalized spacial score (nSPS) is 25.6. The minimum absolute atomic E-state index is 0.0671. The molecule has 1 rings (SSSR count). The molecule has 0 spiro atoms. The molecular formula is C8H14N2O. The van der Waals surface area contributed by atoms with Gasteiger partial charge in [0.1, 0.15) is 0 Å².